The fraction of sp³-hybridized carbons (Fsp3) is 0.200. The summed E-state index contributed by atoms with van der Waals surface area (Å²) < 4.78 is 7.98. The molecule has 0 aliphatic carbocycles. The number of hydrogen-bond donors (Lipinski definition) is 1. The molecule has 1 aliphatic rings. The van der Waals surface area contributed by atoms with Crippen LogP contribution in [0.5, 0.6) is 5.75 Å². The Morgan fingerprint density at radius 2 is 1.68 bits per heavy atom. The Kier molecular flexibility index (Phi) is 3.65. The molecule has 1 aliphatic heterocycles. The average molecular weight is 384 g/mol. The number of aliphatic hydroxyl groups excluding tert-OH is 1. The minimum Gasteiger partial charge on any atom is -0.485 e. The molecule has 0 fully saturated rings. The van der Waals surface area contributed by atoms with E-state index in [-0.39, 0.29) is 6.10 Å². The van der Waals surface area contributed by atoms with Crippen molar-refractivity contribution >= 4 is 31.9 Å². The number of hydrogen-bond acceptors (Lipinski definition) is 2. The van der Waals surface area contributed by atoms with Crippen LogP contribution in [0.2, 0.25) is 0 Å². The fourth-order valence-electron chi connectivity index (χ4n) is 2.30. The third-order valence-electron chi connectivity index (χ3n) is 3.28. The molecule has 0 radical (unpaired) electrons. The molecule has 0 amide bonds. The molecule has 0 aromatic heterocycles. The molecule has 2 aromatic carbocycles. The highest BCUT2D eigenvalue weighted by Gasteiger charge is 2.28. The van der Waals surface area contributed by atoms with Crippen molar-refractivity contribution in [1.29, 1.82) is 0 Å². The lowest BCUT2D eigenvalue weighted by Crippen LogP contribution is -2.18. The van der Waals surface area contributed by atoms with Crippen LogP contribution in [-0.2, 0) is 0 Å². The van der Waals surface area contributed by atoms with Crippen LogP contribution in [0.15, 0.2) is 51.4 Å². The summed E-state index contributed by atoms with van der Waals surface area (Å²) in [6, 6.07) is 13.8. The molecule has 3 rings (SSSR count). The molecule has 2 aromatic rings. The molecule has 0 saturated carbocycles. The van der Waals surface area contributed by atoms with Gasteiger partial charge in [-0.15, -0.1) is 0 Å². The molecule has 2 atom stereocenters. The predicted octanol–water partition coefficient (Wildman–Crippen LogP) is 4.77. The van der Waals surface area contributed by atoms with Gasteiger partial charge in [-0.05, 0) is 35.9 Å². The standard InChI is InChI=1S/C15H12Br2O2/c16-10-3-1-9(2-4-10)15-8-13(18)12-7-11(17)5-6-14(12)19-15/h1-7,13,15,18H,8H2. The Morgan fingerprint density at radius 1 is 1.00 bits per heavy atom. The van der Waals surface area contributed by atoms with Gasteiger partial charge in [0.15, 0.2) is 0 Å². The number of ether oxygens (including phenoxy) is 1. The second kappa shape index (κ2) is 5.27. The van der Waals surface area contributed by atoms with Gasteiger partial charge in [-0.3, -0.25) is 0 Å². The van der Waals surface area contributed by atoms with Crippen molar-refractivity contribution < 1.29 is 9.84 Å². The molecule has 0 saturated heterocycles. The molecule has 0 spiro atoms. The maximum atomic E-state index is 10.3. The van der Waals surface area contributed by atoms with E-state index in [9.17, 15) is 5.11 Å². The Morgan fingerprint density at radius 3 is 2.42 bits per heavy atom. The van der Waals surface area contributed by atoms with Crippen LogP contribution in [0.4, 0.5) is 0 Å². The van der Waals surface area contributed by atoms with Crippen LogP contribution in [0, 0.1) is 0 Å². The van der Waals surface area contributed by atoms with E-state index in [2.05, 4.69) is 31.9 Å². The lowest BCUT2D eigenvalue weighted by molar-refractivity contribution is 0.0657. The summed E-state index contributed by atoms with van der Waals surface area (Å²) in [5.41, 5.74) is 1.93. The summed E-state index contributed by atoms with van der Waals surface area (Å²) >= 11 is 6.83. The Hall–Kier alpha value is -0.840. The van der Waals surface area contributed by atoms with Crippen molar-refractivity contribution in [3.05, 3.63) is 62.5 Å². The van der Waals surface area contributed by atoms with Gasteiger partial charge in [-0.2, -0.15) is 0 Å². The van der Waals surface area contributed by atoms with Crippen molar-refractivity contribution in [3.8, 4) is 5.75 Å². The highest BCUT2D eigenvalue weighted by atomic mass is 79.9. The first-order chi connectivity index (χ1) is 9.13. The third-order valence-corrected chi connectivity index (χ3v) is 4.30. The van der Waals surface area contributed by atoms with Crippen LogP contribution < -0.4 is 4.74 Å². The number of aliphatic hydroxyl groups is 1. The zero-order valence-electron chi connectivity index (χ0n) is 10.0. The molecular formula is C15H12Br2O2. The second-order valence-electron chi connectivity index (χ2n) is 4.59. The van der Waals surface area contributed by atoms with E-state index < -0.39 is 6.10 Å². The fourth-order valence-corrected chi connectivity index (χ4v) is 2.94. The molecule has 4 heteroatoms. The maximum absolute atomic E-state index is 10.3. The van der Waals surface area contributed by atoms with Crippen LogP contribution in [0.3, 0.4) is 0 Å². The Labute approximate surface area is 128 Å². The summed E-state index contributed by atoms with van der Waals surface area (Å²) in [6.07, 6.45) is -0.0166. The molecule has 1 N–H and O–H groups in total. The summed E-state index contributed by atoms with van der Waals surface area (Å²) in [5, 5.41) is 10.3. The number of benzene rings is 2. The van der Waals surface area contributed by atoms with Crippen LogP contribution in [-0.4, -0.2) is 5.11 Å². The SMILES string of the molecule is OC1CC(c2ccc(Br)cc2)Oc2ccc(Br)cc21. The number of halogens is 2. The smallest absolute Gasteiger partial charge is 0.127 e. The van der Waals surface area contributed by atoms with Gasteiger partial charge in [0.2, 0.25) is 0 Å². The molecule has 1 heterocycles. The van der Waals surface area contributed by atoms with E-state index in [1.807, 2.05) is 42.5 Å². The maximum Gasteiger partial charge on any atom is 0.127 e. The topological polar surface area (TPSA) is 29.5 Å². The molecule has 2 unspecified atom stereocenters. The summed E-state index contributed by atoms with van der Waals surface area (Å²) in [6.45, 7) is 0. The first-order valence-electron chi connectivity index (χ1n) is 6.03. The van der Waals surface area contributed by atoms with Crippen LogP contribution in [0.25, 0.3) is 0 Å². The van der Waals surface area contributed by atoms with Crippen molar-refractivity contribution in [3.63, 3.8) is 0 Å². The van der Waals surface area contributed by atoms with Gasteiger partial charge >= 0.3 is 0 Å². The van der Waals surface area contributed by atoms with Gasteiger partial charge in [0.05, 0.1) is 6.10 Å². The summed E-state index contributed by atoms with van der Waals surface area (Å²) in [4.78, 5) is 0. The summed E-state index contributed by atoms with van der Waals surface area (Å²) in [7, 11) is 0. The first-order valence-corrected chi connectivity index (χ1v) is 7.62. The van der Waals surface area contributed by atoms with Gasteiger partial charge in [0.1, 0.15) is 11.9 Å². The van der Waals surface area contributed by atoms with Crippen molar-refractivity contribution in [2.75, 3.05) is 0 Å². The van der Waals surface area contributed by atoms with Crippen molar-refractivity contribution in [2.24, 2.45) is 0 Å². The van der Waals surface area contributed by atoms with Gasteiger partial charge in [-0.25, -0.2) is 0 Å². The second-order valence-corrected chi connectivity index (χ2v) is 6.42. The third kappa shape index (κ3) is 2.71. The quantitative estimate of drug-likeness (QED) is 0.768. The normalized spacial score (nSPS) is 21.6. The Bertz CT molecular complexity index is 596. The van der Waals surface area contributed by atoms with Crippen molar-refractivity contribution in [1.82, 2.24) is 0 Å². The van der Waals surface area contributed by atoms with Gasteiger partial charge in [0.25, 0.3) is 0 Å². The lowest BCUT2D eigenvalue weighted by atomic mass is 9.95. The van der Waals surface area contributed by atoms with Crippen molar-refractivity contribution in [2.45, 2.75) is 18.6 Å². The zero-order chi connectivity index (χ0) is 13.4. The molecule has 98 valence electrons. The van der Waals surface area contributed by atoms with Gasteiger partial charge < -0.3 is 9.84 Å². The lowest BCUT2D eigenvalue weighted by Gasteiger charge is -2.30. The van der Waals surface area contributed by atoms with E-state index in [1.165, 1.54) is 0 Å². The monoisotopic (exact) mass is 382 g/mol. The summed E-state index contributed by atoms with van der Waals surface area (Å²) in [5.74, 6) is 0.759. The van der Waals surface area contributed by atoms with E-state index >= 15 is 0 Å². The number of fused-ring (bicyclic) bond motifs is 1. The number of rotatable bonds is 1. The van der Waals surface area contributed by atoms with E-state index in [4.69, 9.17) is 4.74 Å². The van der Waals surface area contributed by atoms with Gasteiger partial charge in [-0.1, -0.05) is 44.0 Å². The molecule has 0 bridgehead atoms. The highest BCUT2D eigenvalue weighted by Crippen LogP contribution is 2.41. The molecule has 2 nitrogen and oxygen atoms in total. The van der Waals surface area contributed by atoms with E-state index in [0.717, 1.165) is 25.8 Å². The van der Waals surface area contributed by atoms with E-state index in [1.54, 1.807) is 0 Å². The minimum absolute atomic E-state index is 0.100. The average Bonchev–Trinajstić information content (AvgIpc) is 2.40. The highest BCUT2D eigenvalue weighted by molar-refractivity contribution is 9.10. The predicted molar refractivity (Wildman–Crippen MR) is 81.2 cm³/mol. The van der Waals surface area contributed by atoms with Crippen LogP contribution >= 0.6 is 31.9 Å². The first kappa shape index (κ1) is 13.2. The van der Waals surface area contributed by atoms with E-state index in [0.29, 0.717) is 6.42 Å². The Balaban J connectivity index is 1.92. The van der Waals surface area contributed by atoms with Gasteiger partial charge in [0, 0.05) is 20.9 Å². The van der Waals surface area contributed by atoms with Crippen LogP contribution in [0.1, 0.15) is 29.8 Å². The molecule has 19 heavy (non-hydrogen) atoms. The minimum atomic E-state index is -0.491. The molecular weight excluding hydrogens is 372 g/mol. The zero-order valence-corrected chi connectivity index (χ0v) is 13.2. The largest absolute Gasteiger partial charge is 0.485 e.